The Balaban J connectivity index is 2.82. The zero-order valence-electron chi connectivity index (χ0n) is 7.99. The molecule has 0 aliphatic rings. The van der Waals surface area contributed by atoms with Crippen molar-refractivity contribution in [2.75, 3.05) is 0 Å². The van der Waals surface area contributed by atoms with E-state index in [-0.39, 0.29) is 0 Å². The third-order valence-electron chi connectivity index (χ3n) is 2.01. The van der Waals surface area contributed by atoms with Crippen LogP contribution in [0.3, 0.4) is 0 Å². The number of hydrogen-bond acceptors (Lipinski definition) is 0. The lowest BCUT2D eigenvalue weighted by Crippen LogP contribution is -2.26. The predicted molar refractivity (Wildman–Crippen MR) is 50.8 cm³/mol. The Kier molecular flexibility index (Phi) is 3.03. The van der Waals surface area contributed by atoms with Crippen LogP contribution in [0, 0.1) is 0 Å². The molecule has 0 aromatic carbocycles. The monoisotopic (exact) mass is 162 g/mol. The van der Waals surface area contributed by atoms with E-state index in [2.05, 4.69) is 50.5 Å². The van der Waals surface area contributed by atoms with Gasteiger partial charge in [-0.1, -0.05) is 19.1 Å². The van der Waals surface area contributed by atoms with E-state index in [1.807, 2.05) is 11.6 Å². The predicted octanol–water partition coefficient (Wildman–Crippen LogP) is 2.19. The van der Waals surface area contributed by atoms with Gasteiger partial charge in [0.2, 0.25) is 0 Å². The maximum absolute atomic E-state index is 2.20. The highest BCUT2D eigenvalue weighted by Gasteiger charge is 2.01. The van der Waals surface area contributed by atoms with Gasteiger partial charge in [0.1, 0.15) is 7.05 Å². The van der Waals surface area contributed by atoms with Crippen molar-refractivity contribution in [1.29, 1.82) is 0 Å². The van der Waals surface area contributed by atoms with Gasteiger partial charge in [-0.25, -0.2) is 4.57 Å². The molecule has 0 amide bonds. The maximum Gasteiger partial charge on any atom is 0.168 e. The smallest absolute Gasteiger partial charge is 0.168 e. The Labute approximate surface area is 74.4 Å². The molecule has 1 aromatic rings. The van der Waals surface area contributed by atoms with Crippen LogP contribution in [0.4, 0.5) is 0 Å². The van der Waals surface area contributed by atoms with Crippen molar-refractivity contribution < 1.29 is 4.57 Å². The van der Waals surface area contributed by atoms with E-state index in [9.17, 15) is 0 Å². The molecular weight excluding hydrogens is 146 g/mol. The van der Waals surface area contributed by atoms with Gasteiger partial charge in [0.25, 0.3) is 0 Å². The Morgan fingerprint density at radius 2 is 1.92 bits per heavy atom. The molecule has 1 heterocycles. The lowest BCUT2D eigenvalue weighted by Gasteiger charge is -2.03. The summed E-state index contributed by atoms with van der Waals surface area (Å²) >= 11 is 0. The first kappa shape index (κ1) is 8.98. The molecule has 0 aliphatic heterocycles. The van der Waals surface area contributed by atoms with Gasteiger partial charge in [0.15, 0.2) is 12.4 Å². The molecular formula is C11H16N+. The highest BCUT2D eigenvalue weighted by Crippen LogP contribution is 2.13. The van der Waals surface area contributed by atoms with Crippen LogP contribution in [-0.4, -0.2) is 0 Å². The Morgan fingerprint density at radius 3 is 2.42 bits per heavy atom. The topological polar surface area (TPSA) is 3.88 Å². The van der Waals surface area contributed by atoms with Crippen molar-refractivity contribution in [1.82, 2.24) is 0 Å². The molecule has 0 bridgehead atoms. The number of nitrogens with zero attached hydrogens (tertiary/aromatic N) is 1. The number of allylic oxidation sites excluding steroid dienone is 2. The molecule has 1 aromatic heterocycles. The Bertz CT molecular complexity index is 259. The molecule has 0 saturated carbocycles. The Hall–Kier alpha value is -1.11. The molecule has 0 spiro atoms. The number of pyridine rings is 1. The first-order valence-corrected chi connectivity index (χ1v) is 4.32. The minimum absolute atomic E-state index is 0.524. The zero-order valence-corrected chi connectivity index (χ0v) is 7.99. The molecule has 1 atom stereocenters. The Morgan fingerprint density at radius 1 is 1.33 bits per heavy atom. The minimum atomic E-state index is 0.524. The molecule has 0 N–H and O–H groups in total. The van der Waals surface area contributed by atoms with Crippen LogP contribution in [0.15, 0.2) is 36.7 Å². The normalized spacial score (nSPS) is 13.6. The third kappa shape index (κ3) is 2.19. The molecule has 0 saturated heterocycles. The summed E-state index contributed by atoms with van der Waals surface area (Å²) in [6.45, 7) is 4.26. The van der Waals surface area contributed by atoms with Gasteiger partial charge < -0.3 is 0 Å². The van der Waals surface area contributed by atoms with Crippen molar-refractivity contribution in [2.24, 2.45) is 7.05 Å². The second-order valence-electron chi connectivity index (χ2n) is 3.11. The number of aromatic nitrogens is 1. The van der Waals surface area contributed by atoms with Crippen molar-refractivity contribution in [3.63, 3.8) is 0 Å². The summed E-state index contributed by atoms with van der Waals surface area (Å²) in [5.74, 6) is 0.524. The van der Waals surface area contributed by atoms with Gasteiger partial charge in [-0.05, 0) is 18.4 Å². The summed E-state index contributed by atoms with van der Waals surface area (Å²) in [5, 5.41) is 0. The summed E-state index contributed by atoms with van der Waals surface area (Å²) in [5.41, 5.74) is 1.37. The van der Waals surface area contributed by atoms with Crippen LogP contribution in [0.5, 0.6) is 0 Å². The maximum atomic E-state index is 2.20. The fourth-order valence-electron chi connectivity index (χ4n) is 1.22. The van der Waals surface area contributed by atoms with Gasteiger partial charge in [0.05, 0.1) is 0 Å². The third-order valence-corrected chi connectivity index (χ3v) is 2.01. The lowest BCUT2D eigenvalue weighted by atomic mass is 10.0. The number of hydrogen-bond donors (Lipinski definition) is 0. The average molecular weight is 162 g/mol. The number of aryl methyl sites for hydroxylation is 1. The average Bonchev–Trinajstić information content (AvgIpc) is 2.06. The molecule has 0 fully saturated rings. The fourth-order valence-corrected chi connectivity index (χ4v) is 1.22. The van der Waals surface area contributed by atoms with Crippen LogP contribution in [0.1, 0.15) is 25.3 Å². The van der Waals surface area contributed by atoms with Gasteiger partial charge in [-0.2, -0.15) is 0 Å². The molecule has 1 heteroatoms. The van der Waals surface area contributed by atoms with Crippen molar-refractivity contribution in [3.8, 4) is 0 Å². The van der Waals surface area contributed by atoms with Crippen LogP contribution >= 0.6 is 0 Å². The van der Waals surface area contributed by atoms with Crippen LogP contribution < -0.4 is 4.57 Å². The number of rotatable bonds is 2. The summed E-state index contributed by atoms with van der Waals surface area (Å²) in [6, 6.07) is 4.31. The van der Waals surface area contributed by atoms with E-state index in [1.54, 1.807) is 0 Å². The minimum Gasteiger partial charge on any atom is -0.208 e. The van der Waals surface area contributed by atoms with E-state index >= 15 is 0 Å². The lowest BCUT2D eigenvalue weighted by molar-refractivity contribution is -0.671. The zero-order chi connectivity index (χ0) is 8.97. The molecule has 0 aliphatic carbocycles. The van der Waals surface area contributed by atoms with Crippen molar-refractivity contribution in [2.45, 2.75) is 19.8 Å². The SMILES string of the molecule is C/C=C/C(C)c1cc[n+](C)cc1. The van der Waals surface area contributed by atoms with E-state index in [4.69, 9.17) is 0 Å². The molecule has 1 unspecified atom stereocenters. The summed E-state index contributed by atoms with van der Waals surface area (Å²) in [7, 11) is 2.03. The second-order valence-corrected chi connectivity index (χ2v) is 3.11. The van der Waals surface area contributed by atoms with Gasteiger partial charge in [-0.3, -0.25) is 0 Å². The van der Waals surface area contributed by atoms with Crippen molar-refractivity contribution >= 4 is 0 Å². The van der Waals surface area contributed by atoms with E-state index in [0.29, 0.717) is 5.92 Å². The molecule has 12 heavy (non-hydrogen) atoms. The highest BCUT2D eigenvalue weighted by atomic mass is 14.9. The summed E-state index contributed by atoms with van der Waals surface area (Å²) in [6.07, 6.45) is 8.46. The first-order valence-electron chi connectivity index (χ1n) is 4.32. The molecule has 1 nitrogen and oxygen atoms in total. The van der Waals surface area contributed by atoms with Crippen LogP contribution in [0.2, 0.25) is 0 Å². The highest BCUT2D eigenvalue weighted by molar-refractivity contribution is 5.18. The quantitative estimate of drug-likeness (QED) is 0.463. The largest absolute Gasteiger partial charge is 0.208 e. The van der Waals surface area contributed by atoms with Crippen molar-refractivity contribution in [3.05, 3.63) is 42.2 Å². The first-order chi connectivity index (χ1) is 5.74. The fraction of sp³-hybridized carbons (Fsp3) is 0.364. The standard InChI is InChI=1S/C11H16N/c1-4-5-10(2)11-6-8-12(3)9-7-11/h4-10H,1-3H3/q+1/b5-4+. The molecule has 1 rings (SSSR count). The molecule has 64 valence electrons. The van der Waals surface area contributed by atoms with Crippen LogP contribution in [0.25, 0.3) is 0 Å². The van der Waals surface area contributed by atoms with Gasteiger partial charge in [0, 0.05) is 12.1 Å². The van der Waals surface area contributed by atoms with Gasteiger partial charge in [-0.15, -0.1) is 0 Å². The second kappa shape index (κ2) is 4.05. The van der Waals surface area contributed by atoms with E-state index in [0.717, 1.165) is 0 Å². The van der Waals surface area contributed by atoms with Gasteiger partial charge >= 0.3 is 0 Å². The van der Waals surface area contributed by atoms with E-state index in [1.165, 1.54) is 5.56 Å². The summed E-state index contributed by atoms with van der Waals surface area (Å²) < 4.78 is 2.05. The van der Waals surface area contributed by atoms with Crippen LogP contribution in [-0.2, 0) is 7.05 Å². The van der Waals surface area contributed by atoms with E-state index < -0.39 is 0 Å². The summed E-state index contributed by atoms with van der Waals surface area (Å²) in [4.78, 5) is 0. The molecule has 0 radical (unpaired) electrons.